The van der Waals surface area contributed by atoms with Gasteiger partial charge in [-0.3, -0.25) is 0 Å². The second-order valence-corrected chi connectivity index (χ2v) is 8.59. The van der Waals surface area contributed by atoms with Crippen molar-refractivity contribution < 1.29 is 4.74 Å². The van der Waals surface area contributed by atoms with E-state index in [0.29, 0.717) is 5.66 Å². The van der Waals surface area contributed by atoms with E-state index in [9.17, 15) is 0 Å². The Morgan fingerprint density at radius 2 is 2.00 bits per heavy atom. The summed E-state index contributed by atoms with van der Waals surface area (Å²) in [6, 6.07) is 10.8. The van der Waals surface area contributed by atoms with E-state index in [0.717, 1.165) is 13.2 Å². The highest BCUT2D eigenvalue weighted by Gasteiger charge is 2.49. The van der Waals surface area contributed by atoms with Gasteiger partial charge in [-0.15, -0.1) is 0 Å². The molecule has 1 heterocycles. The Kier molecular flexibility index (Phi) is 4.21. The maximum absolute atomic E-state index is 5.60. The van der Waals surface area contributed by atoms with Crippen LogP contribution in [0.2, 0.25) is 0 Å². The van der Waals surface area contributed by atoms with E-state index < -0.39 is 7.26 Å². The van der Waals surface area contributed by atoms with Gasteiger partial charge in [0, 0.05) is 0 Å². The van der Waals surface area contributed by atoms with Crippen LogP contribution in [0.4, 0.5) is 0 Å². The molecule has 0 bridgehead atoms. The average molecular weight is 262 g/mol. The summed E-state index contributed by atoms with van der Waals surface area (Å²) >= 11 is 0. The van der Waals surface area contributed by atoms with Crippen molar-refractivity contribution >= 4 is 12.6 Å². The van der Waals surface area contributed by atoms with Gasteiger partial charge in [0.1, 0.15) is 5.66 Å². The van der Waals surface area contributed by atoms with Crippen LogP contribution >= 0.6 is 7.26 Å². The van der Waals surface area contributed by atoms with Crippen LogP contribution in [-0.4, -0.2) is 25.5 Å². The lowest BCUT2D eigenvalue weighted by molar-refractivity contribution is 0.0427. The van der Waals surface area contributed by atoms with Crippen molar-refractivity contribution in [3.05, 3.63) is 54.0 Å². The number of ether oxygens (including phenoxy) is 1. The third-order valence-electron chi connectivity index (χ3n) is 3.74. The van der Waals surface area contributed by atoms with Crippen LogP contribution in [0.3, 0.4) is 0 Å². The Labute approximate surface area is 110 Å². The van der Waals surface area contributed by atoms with Gasteiger partial charge in [-0.05, 0) is 37.4 Å². The summed E-state index contributed by atoms with van der Waals surface area (Å²) < 4.78 is 5.42. The van der Waals surface area contributed by atoms with Crippen LogP contribution in [0.15, 0.2) is 54.0 Å². The minimum atomic E-state index is -1.38. The van der Waals surface area contributed by atoms with E-state index in [2.05, 4.69) is 56.1 Å². The van der Waals surface area contributed by atoms with E-state index in [4.69, 9.17) is 10.5 Å². The monoisotopic (exact) mass is 262 g/mol. The molecule has 0 radical (unpaired) electrons. The van der Waals surface area contributed by atoms with Crippen molar-refractivity contribution in [2.45, 2.75) is 12.6 Å². The van der Waals surface area contributed by atoms with Gasteiger partial charge in [-0.25, -0.2) is 0 Å². The molecule has 1 aliphatic heterocycles. The molecular weight excluding hydrogens is 241 g/mol. The zero-order chi connectivity index (χ0) is 13.0. The lowest BCUT2D eigenvalue weighted by Gasteiger charge is -2.37. The highest BCUT2D eigenvalue weighted by Crippen LogP contribution is 2.67. The SMILES string of the molecule is C/C=C(\C=C/N)[P+](C)(c1ccccc1)C1COC1. The minimum Gasteiger partial charge on any atom is -0.404 e. The smallest absolute Gasteiger partial charge is 0.125 e. The molecule has 18 heavy (non-hydrogen) atoms. The largest absolute Gasteiger partial charge is 0.404 e. The second kappa shape index (κ2) is 5.69. The predicted molar refractivity (Wildman–Crippen MR) is 80.6 cm³/mol. The summed E-state index contributed by atoms with van der Waals surface area (Å²) in [5, 5.41) is 2.80. The van der Waals surface area contributed by atoms with Crippen LogP contribution in [0.25, 0.3) is 0 Å². The number of benzene rings is 1. The van der Waals surface area contributed by atoms with Gasteiger partial charge in [0.05, 0.1) is 37.8 Å². The summed E-state index contributed by atoms with van der Waals surface area (Å²) in [6.45, 7) is 6.23. The number of hydrogen-bond acceptors (Lipinski definition) is 2. The minimum absolute atomic E-state index is 0.627. The summed E-state index contributed by atoms with van der Waals surface area (Å²) in [6.07, 6.45) is 5.90. The van der Waals surface area contributed by atoms with Gasteiger partial charge in [0.2, 0.25) is 0 Å². The second-order valence-electron chi connectivity index (χ2n) is 4.67. The van der Waals surface area contributed by atoms with Gasteiger partial charge in [0.25, 0.3) is 0 Å². The molecule has 2 N–H and O–H groups in total. The molecule has 0 amide bonds. The molecule has 0 aliphatic carbocycles. The Bertz CT molecular complexity index is 451. The lowest BCUT2D eigenvalue weighted by Crippen LogP contribution is -2.39. The van der Waals surface area contributed by atoms with Gasteiger partial charge >= 0.3 is 0 Å². The molecule has 2 nitrogen and oxygen atoms in total. The molecule has 1 atom stereocenters. The molecule has 1 fully saturated rings. The van der Waals surface area contributed by atoms with Crippen molar-refractivity contribution in [3.8, 4) is 0 Å². The molecule has 0 spiro atoms. The highest BCUT2D eigenvalue weighted by atomic mass is 31.2. The van der Waals surface area contributed by atoms with Crippen LogP contribution in [0.1, 0.15) is 6.92 Å². The van der Waals surface area contributed by atoms with Crippen LogP contribution in [0, 0.1) is 0 Å². The van der Waals surface area contributed by atoms with Crippen molar-refractivity contribution in [2.24, 2.45) is 5.73 Å². The fourth-order valence-corrected chi connectivity index (χ4v) is 6.12. The molecule has 1 unspecified atom stereocenters. The van der Waals surface area contributed by atoms with Gasteiger partial charge in [0.15, 0.2) is 0 Å². The first kappa shape index (κ1) is 13.3. The molecule has 1 saturated heterocycles. The summed E-state index contributed by atoms with van der Waals surface area (Å²) in [5.74, 6) is 0. The average Bonchev–Trinajstić information content (AvgIpc) is 2.34. The third kappa shape index (κ3) is 2.23. The normalized spacial score (nSPS) is 20.7. The first-order valence-electron chi connectivity index (χ1n) is 6.28. The van der Waals surface area contributed by atoms with E-state index in [1.807, 2.05) is 0 Å². The topological polar surface area (TPSA) is 35.2 Å². The first-order valence-corrected chi connectivity index (χ1v) is 8.58. The quantitative estimate of drug-likeness (QED) is 0.669. The molecular formula is C15H21NOP+. The molecule has 1 aliphatic rings. The number of nitrogens with two attached hydrogens (primary N) is 1. The van der Waals surface area contributed by atoms with Gasteiger partial charge in [-0.2, -0.15) is 0 Å². The van der Waals surface area contributed by atoms with Crippen molar-refractivity contribution in [2.75, 3.05) is 19.9 Å². The predicted octanol–water partition coefficient (Wildman–Crippen LogP) is 2.73. The maximum Gasteiger partial charge on any atom is 0.125 e. The van der Waals surface area contributed by atoms with E-state index in [1.165, 1.54) is 10.6 Å². The summed E-state index contributed by atoms with van der Waals surface area (Å²) in [5.41, 5.74) is 6.23. The van der Waals surface area contributed by atoms with Crippen molar-refractivity contribution in [1.29, 1.82) is 0 Å². The van der Waals surface area contributed by atoms with Gasteiger partial charge < -0.3 is 10.5 Å². The zero-order valence-electron chi connectivity index (χ0n) is 11.0. The molecule has 3 heteroatoms. The molecule has 0 aromatic heterocycles. The van der Waals surface area contributed by atoms with Crippen molar-refractivity contribution in [3.63, 3.8) is 0 Å². The number of hydrogen-bond donors (Lipinski definition) is 1. The fraction of sp³-hybridized carbons (Fsp3) is 0.333. The summed E-state index contributed by atoms with van der Waals surface area (Å²) in [4.78, 5) is 0. The van der Waals surface area contributed by atoms with Crippen LogP contribution in [-0.2, 0) is 4.74 Å². The Hall–Kier alpha value is -1.11. The molecule has 96 valence electrons. The maximum atomic E-state index is 5.60. The van der Waals surface area contributed by atoms with Crippen molar-refractivity contribution in [1.82, 2.24) is 0 Å². The van der Waals surface area contributed by atoms with Crippen LogP contribution in [0.5, 0.6) is 0 Å². The zero-order valence-corrected chi connectivity index (χ0v) is 11.9. The Morgan fingerprint density at radius 1 is 1.33 bits per heavy atom. The standard InChI is InChI=1S/C15H21NOP/c1-3-13(9-10-16)18(2,15-11-17-12-15)14-7-5-4-6-8-14/h3-10,15H,11-12,16H2,1-2H3/q+1/b10-9-,13-3+. The van der Waals surface area contributed by atoms with E-state index >= 15 is 0 Å². The first-order chi connectivity index (χ1) is 8.73. The van der Waals surface area contributed by atoms with E-state index in [1.54, 1.807) is 6.20 Å². The lowest BCUT2D eigenvalue weighted by atomic mass is 10.4. The van der Waals surface area contributed by atoms with Gasteiger partial charge in [-0.1, -0.05) is 18.2 Å². The highest BCUT2D eigenvalue weighted by molar-refractivity contribution is 7.86. The molecule has 1 aromatic rings. The van der Waals surface area contributed by atoms with Crippen LogP contribution < -0.4 is 11.0 Å². The molecule has 1 aromatic carbocycles. The third-order valence-corrected chi connectivity index (χ3v) is 8.35. The fourth-order valence-electron chi connectivity index (χ4n) is 2.45. The summed E-state index contributed by atoms with van der Waals surface area (Å²) in [7, 11) is -1.38. The molecule has 0 saturated carbocycles. The van der Waals surface area contributed by atoms with E-state index in [-0.39, 0.29) is 0 Å². The number of allylic oxidation sites excluding steroid dienone is 3. The Morgan fingerprint density at radius 3 is 2.44 bits per heavy atom. The molecule has 2 rings (SSSR count). The Balaban J connectivity index is 2.46. The number of rotatable bonds is 4.